The maximum atomic E-state index is 13.1. The molecule has 0 bridgehead atoms. The van der Waals surface area contributed by atoms with Gasteiger partial charge in [-0.2, -0.15) is 0 Å². The number of aromatic nitrogens is 1. The van der Waals surface area contributed by atoms with Crippen molar-refractivity contribution in [2.75, 3.05) is 0 Å². The third kappa shape index (κ3) is 5.62. The third-order valence-electron chi connectivity index (χ3n) is 7.77. The summed E-state index contributed by atoms with van der Waals surface area (Å²) in [6.07, 6.45) is 12.9. The molecule has 6 rings (SSSR count). The Morgan fingerprint density at radius 3 is 2.53 bits per heavy atom. The smallest absolute Gasteiger partial charge is 0.240 e. The monoisotopic (exact) mass is 552 g/mol. The van der Waals surface area contributed by atoms with Gasteiger partial charge in [-0.1, -0.05) is 49.1 Å². The minimum absolute atomic E-state index is 0.00497. The lowest BCUT2D eigenvalue weighted by Crippen LogP contribution is -2.36. The van der Waals surface area contributed by atoms with Gasteiger partial charge in [0.2, 0.25) is 10.0 Å². The number of ether oxygens (including phenoxy) is 2. The highest BCUT2D eigenvalue weighted by Crippen LogP contribution is 2.53. The third-order valence-corrected chi connectivity index (χ3v) is 9.66. The van der Waals surface area contributed by atoms with Crippen LogP contribution in [0.5, 0.6) is 5.75 Å². The van der Waals surface area contributed by atoms with Crippen LogP contribution in [0.25, 0.3) is 11.1 Å². The molecular weight excluding hydrogens is 520 g/mol. The first kappa shape index (κ1) is 25.8. The first-order valence-corrected chi connectivity index (χ1v) is 15.4. The number of hydrogen-bond donors (Lipinski definition) is 1. The number of rotatable bonds is 10. The summed E-state index contributed by atoms with van der Waals surface area (Å²) in [4.78, 5) is 4.65. The van der Waals surface area contributed by atoms with Gasteiger partial charge >= 0.3 is 0 Å². The fourth-order valence-corrected chi connectivity index (χ4v) is 6.83. The number of para-hydroxylation sites is 1. The molecule has 38 heavy (non-hydrogen) atoms. The molecule has 3 aromatic rings. The first-order chi connectivity index (χ1) is 18.4. The lowest BCUT2D eigenvalue weighted by atomic mass is 9.96. The molecular formula is C30H33ClN2O4S. The molecule has 0 aliphatic heterocycles. The van der Waals surface area contributed by atoms with E-state index >= 15 is 0 Å². The summed E-state index contributed by atoms with van der Waals surface area (Å²) >= 11 is 6.51. The van der Waals surface area contributed by atoms with Crippen molar-refractivity contribution in [1.82, 2.24) is 9.71 Å². The van der Waals surface area contributed by atoms with Gasteiger partial charge < -0.3 is 9.47 Å². The van der Waals surface area contributed by atoms with E-state index in [-0.39, 0.29) is 17.5 Å². The van der Waals surface area contributed by atoms with E-state index < -0.39 is 15.6 Å². The molecule has 8 heteroatoms. The van der Waals surface area contributed by atoms with E-state index in [0.29, 0.717) is 16.7 Å². The summed E-state index contributed by atoms with van der Waals surface area (Å²) in [6, 6.07) is 15.0. The van der Waals surface area contributed by atoms with Crippen molar-refractivity contribution >= 4 is 21.6 Å². The van der Waals surface area contributed by atoms with Gasteiger partial charge in [0, 0.05) is 34.6 Å². The lowest BCUT2D eigenvalue weighted by molar-refractivity contribution is 0.0173. The fraction of sp³-hybridized carbons (Fsp3) is 0.433. The number of pyridine rings is 1. The molecule has 0 atom stereocenters. The quantitative estimate of drug-likeness (QED) is 0.300. The molecule has 3 fully saturated rings. The number of nitrogens with zero attached hydrogens (tertiary/aromatic N) is 1. The highest BCUT2D eigenvalue weighted by atomic mass is 35.5. The van der Waals surface area contributed by atoms with Crippen molar-refractivity contribution < 1.29 is 17.9 Å². The van der Waals surface area contributed by atoms with Crippen molar-refractivity contribution in [2.45, 2.75) is 87.0 Å². The van der Waals surface area contributed by atoms with Gasteiger partial charge in [-0.15, -0.1) is 0 Å². The van der Waals surface area contributed by atoms with Crippen LogP contribution in [0.3, 0.4) is 0 Å². The predicted octanol–water partition coefficient (Wildman–Crippen LogP) is 6.76. The van der Waals surface area contributed by atoms with Gasteiger partial charge in [-0.05, 0) is 80.0 Å². The average molecular weight is 553 g/mol. The molecule has 0 radical (unpaired) electrons. The highest BCUT2D eigenvalue weighted by Gasteiger charge is 2.48. The van der Waals surface area contributed by atoms with Crippen LogP contribution in [0.2, 0.25) is 5.02 Å². The molecule has 0 spiro atoms. The van der Waals surface area contributed by atoms with Gasteiger partial charge in [0.15, 0.2) is 0 Å². The molecule has 6 nitrogen and oxygen atoms in total. The van der Waals surface area contributed by atoms with Crippen molar-refractivity contribution in [1.29, 1.82) is 0 Å². The molecule has 200 valence electrons. The van der Waals surface area contributed by atoms with E-state index in [4.69, 9.17) is 21.1 Å². The van der Waals surface area contributed by atoms with E-state index in [9.17, 15) is 8.42 Å². The minimum atomic E-state index is -3.63. The molecule has 3 aliphatic rings. The van der Waals surface area contributed by atoms with Gasteiger partial charge in [0.25, 0.3) is 0 Å². The fourth-order valence-electron chi connectivity index (χ4n) is 5.31. The van der Waals surface area contributed by atoms with E-state index in [1.54, 1.807) is 24.4 Å². The van der Waals surface area contributed by atoms with E-state index in [2.05, 4.69) is 15.8 Å². The zero-order valence-corrected chi connectivity index (χ0v) is 22.9. The molecule has 1 aromatic heterocycles. The topological polar surface area (TPSA) is 77.5 Å². The maximum Gasteiger partial charge on any atom is 0.240 e. The van der Waals surface area contributed by atoms with Gasteiger partial charge in [-0.25, -0.2) is 13.1 Å². The molecule has 1 heterocycles. The van der Waals surface area contributed by atoms with E-state index in [1.165, 1.54) is 6.42 Å². The number of benzene rings is 2. The predicted molar refractivity (Wildman–Crippen MR) is 148 cm³/mol. The summed E-state index contributed by atoms with van der Waals surface area (Å²) in [7, 11) is -3.63. The summed E-state index contributed by atoms with van der Waals surface area (Å²) in [5.41, 5.74) is 3.27. The van der Waals surface area contributed by atoms with Crippen LogP contribution >= 0.6 is 11.6 Å². The largest absolute Gasteiger partial charge is 0.490 e. The minimum Gasteiger partial charge on any atom is -0.490 e. The molecule has 3 aliphatic carbocycles. The Hall–Kier alpha value is -2.45. The van der Waals surface area contributed by atoms with Crippen LogP contribution in [0.1, 0.15) is 68.9 Å². The van der Waals surface area contributed by atoms with Crippen molar-refractivity contribution in [3.8, 4) is 16.9 Å². The number of nitrogens with one attached hydrogen (secondary N) is 1. The Labute approximate surface area is 229 Å². The second-order valence-corrected chi connectivity index (χ2v) is 12.8. The molecule has 3 saturated carbocycles. The number of sulfonamides is 1. The van der Waals surface area contributed by atoms with Crippen LogP contribution in [-0.4, -0.2) is 25.5 Å². The van der Waals surface area contributed by atoms with E-state index in [1.807, 2.05) is 30.5 Å². The molecule has 0 amide bonds. The second kappa shape index (κ2) is 10.6. The Bertz CT molecular complexity index is 1410. The van der Waals surface area contributed by atoms with Crippen LogP contribution < -0.4 is 9.46 Å². The zero-order chi connectivity index (χ0) is 26.2. The Balaban J connectivity index is 1.23. The zero-order valence-electron chi connectivity index (χ0n) is 21.4. The SMILES string of the molecule is O=S(=O)(NC1CCCCC1)c1ccc(Cl)c(COC2(c3cnccc3-c3ccccc3OC3CC3)CC2)c1. The highest BCUT2D eigenvalue weighted by molar-refractivity contribution is 7.89. The normalized spacial score (nSPS) is 19.3. The van der Waals surface area contributed by atoms with Crippen molar-refractivity contribution in [2.24, 2.45) is 0 Å². The maximum absolute atomic E-state index is 13.1. The van der Waals surface area contributed by atoms with Gasteiger partial charge in [-0.3, -0.25) is 4.98 Å². The Morgan fingerprint density at radius 2 is 1.76 bits per heavy atom. The van der Waals surface area contributed by atoms with Crippen LogP contribution in [0, 0.1) is 0 Å². The summed E-state index contributed by atoms with van der Waals surface area (Å²) in [6.45, 7) is 0.209. The molecule has 1 N–H and O–H groups in total. The van der Waals surface area contributed by atoms with Crippen molar-refractivity contribution in [3.05, 3.63) is 77.1 Å². The summed E-state index contributed by atoms with van der Waals surface area (Å²) in [5.74, 6) is 0.879. The standard InChI is InChI=1S/C30H33ClN2O4S/c31-28-13-12-24(38(34,35)33-22-6-2-1-3-7-22)18-21(28)20-36-30(15-16-30)27-19-32-17-14-25(27)26-8-4-5-9-29(26)37-23-10-11-23/h4-5,8-9,12-14,17-19,22-23,33H,1-3,6-7,10-11,15-16,20H2. The Kier molecular flexibility index (Phi) is 7.20. The molecule has 0 saturated heterocycles. The van der Waals surface area contributed by atoms with Crippen molar-refractivity contribution in [3.63, 3.8) is 0 Å². The molecule has 0 unspecified atom stereocenters. The Morgan fingerprint density at radius 1 is 0.974 bits per heavy atom. The summed E-state index contributed by atoms with van der Waals surface area (Å²) < 4.78 is 41.8. The van der Waals surface area contributed by atoms with Crippen LogP contribution in [0.15, 0.2) is 65.8 Å². The number of hydrogen-bond acceptors (Lipinski definition) is 5. The van der Waals surface area contributed by atoms with E-state index in [0.717, 1.165) is 73.8 Å². The molecule has 2 aromatic carbocycles. The van der Waals surface area contributed by atoms with Crippen LogP contribution in [-0.2, 0) is 27.0 Å². The van der Waals surface area contributed by atoms with Crippen LogP contribution in [0.4, 0.5) is 0 Å². The summed E-state index contributed by atoms with van der Waals surface area (Å²) in [5, 5.41) is 0.493. The van der Waals surface area contributed by atoms with Gasteiger partial charge in [0.1, 0.15) is 5.75 Å². The van der Waals surface area contributed by atoms with Gasteiger partial charge in [0.05, 0.1) is 23.2 Å². The second-order valence-electron chi connectivity index (χ2n) is 10.7. The first-order valence-electron chi connectivity index (χ1n) is 13.6. The number of halogens is 1. The lowest BCUT2D eigenvalue weighted by Gasteiger charge is -2.23. The average Bonchev–Trinajstić information content (AvgIpc) is 3.86.